The van der Waals surface area contributed by atoms with Crippen LogP contribution in [-0.2, 0) is 0 Å². The quantitative estimate of drug-likeness (QED) is 0.131. The molecule has 0 fully saturated rings. The summed E-state index contributed by atoms with van der Waals surface area (Å²) < 4.78 is 0. The lowest BCUT2D eigenvalue weighted by Gasteiger charge is -2.03. The Morgan fingerprint density at radius 2 is 0.815 bits per heavy atom. The molecule has 0 nitrogen and oxygen atoms in total. The van der Waals surface area contributed by atoms with E-state index in [1.165, 1.54) is 128 Å². The van der Waals surface area contributed by atoms with Crippen LogP contribution in [0.25, 0.3) is 0 Å². The van der Waals surface area contributed by atoms with Crippen molar-refractivity contribution in [3.05, 3.63) is 37.0 Å². The van der Waals surface area contributed by atoms with Gasteiger partial charge < -0.3 is 0 Å². The minimum absolute atomic E-state index is 1.20. The van der Waals surface area contributed by atoms with Crippen LogP contribution in [0, 0.1) is 6.58 Å². The summed E-state index contributed by atoms with van der Waals surface area (Å²) in [6.45, 7) is 7.57. The van der Waals surface area contributed by atoms with Crippen molar-refractivity contribution in [1.29, 1.82) is 0 Å². The predicted molar refractivity (Wildman–Crippen MR) is 125 cm³/mol. The molecule has 0 aliphatic rings. The highest BCUT2D eigenvalue weighted by Gasteiger charge is 1.95. The second-order valence-corrected chi connectivity index (χ2v) is 8.16. The maximum absolute atomic E-state index is 5.28. The highest BCUT2D eigenvalue weighted by atomic mass is 14.0. The molecule has 0 atom stereocenters. The van der Waals surface area contributed by atoms with Crippen LogP contribution in [0.5, 0.6) is 0 Å². The summed E-state index contributed by atoms with van der Waals surface area (Å²) in [5.74, 6) is 0. The van der Waals surface area contributed by atoms with Gasteiger partial charge in [-0.2, -0.15) is 0 Å². The lowest BCUT2D eigenvalue weighted by molar-refractivity contribution is 0.523. The van der Waals surface area contributed by atoms with Gasteiger partial charge in [0.05, 0.1) is 0 Å². The Hall–Kier alpha value is -0.780. The first-order chi connectivity index (χ1) is 13.4. The molecule has 0 saturated carbocycles. The number of hydrogen-bond donors (Lipinski definition) is 0. The van der Waals surface area contributed by atoms with Crippen LogP contribution >= 0.6 is 0 Å². The normalized spacial score (nSPS) is 11.7. The van der Waals surface area contributed by atoms with E-state index in [1.807, 2.05) is 12.2 Å². The molecule has 0 heteroatoms. The SMILES string of the molecule is [CH]=CC=CC=CCCCCCCCCCCCCCCCCCCCCC. The largest absolute Gasteiger partial charge is 0.0845 e. The first-order valence-electron chi connectivity index (χ1n) is 12.3. The van der Waals surface area contributed by atoms with E-state index in [0.717, 1.165) is 0 Å². The van der Waals surface area contributed by atoms with Gasteiger partial charge in [-0.1, -0.05) is 159 Å². The molecule has 157 valence electrons. The van der Waals surface area contributed by atoms with Gasteiger partial charge >= 0.3 is 0 Å². The Morgan fingerprint density at radius 1 is 0.444 bits per heavy atom. The van der Waals surface area contributed by atoms with E-state index in [1.54, 1.807) is 6.08 Å². The summed E-state index contributed by atoms with van der Waals surface area (Å²) in [7, 11) is 0. The Kier molecular flexibility index (Phi) is 24.5. The average molecular weight is 374 g/mol. The molecule has 0 bridgehead atoms. The molecule has 0 aliphatic heterocycles. The summed E-state index contributed by atoms with van der Waals surface area (Å²) in [6, 6.07) is 0. The molecule has 0 aromatic carbocycles. The van der Waals surface area contributed by atoms with Crippen molar-refractivity contribution in [3.63, 3.8) is 0 Å². The smallest absolute Gasteiger partial charge is 0.0348 e. The summed E-state index contributed by atoms with van der Waals surface area (Å²) in [5.41, 5.74) is 0. The highest BCUT2D eigenvalue weighted by Crippen LogP contribution is 2.14. The van der Waals surface area contributed by atoms with Crippen LogP contribution in [0.15, 0.2) is 30.4 Å². The fourth-order valence-corrected chi connectivity index (χ4v) is 3.64. The van der Waals surface area contributed by atoms with Crippen molar-refractivity contribution >= 4 is 0 Å². The highest BCUT2D eigenvalue weighted by molar-refractivity contribution is 5.07. The summed E-state index contributed by atoms with van der Waals surface area (Å²) in [5, 5.41) is 0. The van der Waals surface area contributed by atoms with Gasteiger partial charge in [0, 0.05) is 0 Å². The average Bonchev–Trinajstić information content (AvgIpc) is 2.68. The lowest BCUT2D eigenvalue weighted by Crippen LogP contribution is -1.84. The molecule has 0 aliphatic carbocycles. The van der Waals surface area contributed by atoms with Gasteiger partial charge in [-0.25, -0.2) is 0 Å². The van der Waals surface area contributed by atoms with Gasteiger partial charge in [0.25, 0.3) is 0 Å². The number of rotatable bonds is 22. The fraction of sp³-hybridized carbons (Fsp3) is 0.778. The lowest BCUT2D eigenvalue weighted by atomic mass is 10.0. The van der Waals surface area contributed by atoms with Crippen molar-refractivity contribution in [2.24, 2.45) is 0 Å². The molecule has 0 spiro atoms. The van der Waals surface area contributed by atoms with E-state index < -0.39 is 0 Å². The molecular formula is C27H49. The predicted octanol–water partition coefficient (Wildman–Crippen LogP) is 9.91. The third-order valence-electron chi connectivity index (χ3n) is 5.44. The fourth-order valence-electron chi connectivity index (χ4n) is 3.64. The van der Waals surface area contributed by atoms with E-state index in [9.17, 15) is 0 Å². The third kappa shape index (κ3) is 25.2. The van der Waals surface area contributed by atoms with Crippen LogP contribution in [0.1, 0.15) is 135 Å². The molecular weight excluding hydrogens is 324 g/mol. The van der Waals surface area contributed by atoms with E-state index in [4.69, 9.17) is 6.58 Å². The van der Waals surface area contributed by atoms with Gasteiger partial charge in [0.15, 0.2) is 0 Å². The Labute approximate surface area is 172 Å². The molecule has 0 amide bonds. The Bertz CT molecular complexity index is 323. The van der Waals surface area contributed by atoms with Gasteiger partial charge in [-0.15, -0.1) is 0 Å². The summed E-state index contributed by atoms with van der Waals surface area (Å²) in [6.07, 6.45) is 38.4. The zero-order valence-electron chi connectivity index (χ0n) is 18.6. The molecule has 0 saturated heterocycles. The van der Waals surface area contributed by atoms with E-state index in [0.29, 0.717) is 0 Å². The second kappa shape index (κ2) is 25.2. The Balaban J connectivity index is 3.04. The zero-order valence-corrected chi connectivity index (χ0v) is 18.6. The van der Waals surface area contributed by atoms with Crippen molar-refractivity contribution in [2.45, 2.75) is 135 Å². The van der Waals surface area contributed by atoms with Gasteiger partial charge in [-0.05, 0) is 12.8 Å². The Morgan fingerprint density at radius 3 is 1.19 bits per heavy atom. The maximum Gasteiger partial charge on any atom is -0.0348 e. The number of hydrogen-bond acceptors (Lipinski definition) is 0. The molecule has 27 heavy (non-hydrogen) atoms. The standard InChI is InChI=1S/C27H49/c1-3-5-7-9-11-13-15-17-19-21-23-25-27-26-24-22-20-18-16-14-12-10-8-6-4-2/h1,3,5,7,9,11H,4,6,8,10,12-27H2,2H3. The van der Waals surface area contributed by atoms with Crippen LogP contribution < -0.4 is 0 Å². The summed E-state index contributed by atoms with van der Waals surface area (Å²) >= 11 is 0. The van der Waals surface area contributed by atoms with Crippen molar-refractivity contribution in [1.82, 2.24) is 0 Å². The molecule has 0 N–H and O–H groups in total. The van der Waals surface area contributed by atoms with Crippen LogP contribution in [0.2, 0.25) is 0 Å². The van der Waals surface area contributed by atoms with E-state index >= 15 is 0 Å². The summed E-state index contributed by atoms with van der Waals surface area (Å²) in [4.78, 5) is 0. The minimum atomic E-state index is 1.20. The van der Waals surface area contributed by atoms with E-state index in [2.05, 4.69) is 19.1 Å². The molecule has 0 rings (SSSR count). The first kappa shape index (κ1) is 26.2. The van der Waals surface area contributed by atoms with Crippen molar-refractivity contribution < 1.29 is 0 Å². The van der Waals surface area contributed by atoms with Gasteiger partial charge in [-0.3, -0.25) is 0 Å². The van der Waals surface area contributed by atoms with Gasteiger partial charge in [0.2, 0.25) is 0 Å². The van der Waals surface area contributed by atoms with E-state index in [-0.39, 0.29) is 0 Å². The van der Waals surface area contributed by atoms with Crippen LogP contribution in [-0.4, -0.2) is 0 Å². The minimum Gasteiger partial charge on any atom is -0.0845 e. The number of allylic oxidation sites excluding steroid dienone is 5. The molecule has 1 radical (unpaired) electrons. The zero-order chi connectivity index (χ0) is 19.7. The maximum atomic E-state index is 5.28. The second-order valence-electron chi connectivity index (χ2n) is 8.16. The third-order valence-corrected chi connectivity index (χ3v) is 5.44. The monoisotopic (exact) mass is 373 g/mol. The van der Waals surface area contributed by atoms with Gasteiger partial charge in [0.1, 0.15) is 0 Å². The molecule has 0 heterocycles. The number of unbranched alkanes of at least 4 members (excludes halogenated alkanes) is 19. The topological polar surface area (TPSA) is 0 Å². The molecule has 0 aromatic rings. The van der Waals surface area contributed by atoms with Crippen LogP contribution in [0.3, 0.4) is 0 Å². The first-order valence-corrected chi connectivity index (χ1v) is 12.3. The molecule has 0 aromatic heterocycles. The van der Waals surface area contributed by atoms with Crippen molar-refractivity contribution in [2.75, 3.05) is 0 Å². The van der Waals surface area contributed by atoms with Crippen LogP contribution in [0.4, 0.5) is 0 Å². The van der Waals surface area contributed by atoms with Crippen molar-refractivity contribution in [3.8, 4) is 0 Å². The molecule has 0 unspecified atom stereocenters.